The van der Waals surface area contributed by atoms with Crippen LogP contribution in [0.1, 0.15) is 15.9 Å². The lowest BCUT2D eigenvalue weighted by atomic mass is 10.2. The number of para-hydroxylation sites is 1. The summed E-state index contributed by atoms with van der Waals surface area (Å²) in [5, 5.41) is 5.16. The maximum Gasteiger partial charge on any atom is 0.275 e. The summed E-state index contributed by atoms with van der Waals surface area (Å²) in [6, 6.07) is 13.3. The zero-order valence-corrected chi connectivity index (χ0v) is 14.9. The highest BCUT2D eigenvalue weighted by atomic mass is 79.9. The molecule has 5 nitrogen and oxygen atoms in total. The first kappa shape index (κ1) is 16.3. The molecule has 0 aliphatic rings. The molecule has 0 saturated heterocycles. The molecule has 0 bridgehead atoms. The lowest BCUT2D eigenvalue weighted by molar-refractivity contribution is 0.0952. The van der Waals surface area contributed by atoms with Crippen LogP contribution in [0, 0.1) is 0 Å². The molecule has 2 aromatic carbocycles. The van der Waals surface area contributed by atoms with Gasteiger partial charge in [0.1, 0.15) is 5.75 Å². The molecule has 3 rings (SSSR count). The van der Waals surface area contributed by atoms with E-state index < -0.39 is 0 Å². The molecule has 0 radical (unpaired) electrons. The van der Waals surface area contributed by atoms with Gasteiger partial charge in [-0.05, 0) is 24.3 Å². The summed E-state index contributed by atoms with van der Waals surface area (Å²) in [5.74, 6) is 0.167. The summed E-state index contributed by atoms with van der Waals surface area (Å²) < 4.78 is 8.03. The molecular formula is C18H16BrN3O2. The lowest BCUT2D eigenvalue weighted by Gasteiger charge is -2.07. The molecule has 0 fully saturated rings. The highest BCUT2D eigenvalue weighted by Crippen LogP contribution is 2.23. The van der Waals surface area contributed by atoms with Gasteiger partial charge in [-0.25, -0.2) is 5.43 Å². The molecule has 1 aromatic heterocycles. The third-order valence-corrected chi connectivity index (χ3v) is 4.20. The number of hydrazone groups is 1. The van der Waals surface area contributed by atoms with Crippen molar-refractivity contribution in [2.75, 3.05) is 7.11 Å². The van der Waals surface area contributed by atoms with Crippen LogP contribution in [-0.2, 0) is 7.05 Å². The second-order valence-electron chi connectivity index (χ2n) is 5.26. The number of fused-ring (bicyclic) bond motifs is 1. The quantitative estimate of drug-likeness (QED) is 0.549. The van der Waals surface area contributed by atoms with E-state index in [9.17, 15) is 4.79 Å². The van der Waals surface area contributed by atoms with E-state index in [0.29, 0.717) is 11.3 Å². The highest BCUT2D eigenvalue weighted by molar-refractivity contribution is 9.10. The van der Waals surface area contributed by atoms with Crippen LogP contribution in [0.4, 0.5) is 0 Å². The lowest BCUT2D eigenvalue weighted by Crippen LogP contribution is -2.18. The first-order valence-electron chi connectivity index (χ1n) is 7.31. The molecule has 0 aliphatic heterocycles. The molecule has 0 spiro atoms. The first-order chi connectivity index (χ1) is 11.6. The van der Waals surface area contributed by atoms with Gasteiger partial charge >= 0.3 is 0 Å². The number of halogens is 1. The molecule has 24 heavy (non-hydrogen) atoms. The predicted molar refractivity (Wildman–Crippen MR) is 98.7 cm³/mol. The van der Waals surface area contributed by atoms with Crippen LogP contribution < -0.4 is 10.2 Å². The number of hydrogen-bond acceptors (Lipinski definition) is 3. The molecule has 0 unspecified atom stereocenters. The standard InChI is InChI=1S/C18H16BrN3O2/c1-22-11-12(14-5-3-4-6-16(14)22)10-20-21-18(23)15-9-13(19)7-8-17(15)24-2/h3-11H,1-2H3,(H,21,23)/b20-10-. The van der Waals surface area contributed by atoms with Crippen LogP contribution >= 0.6 is 15.9 Å². The number of methoxy groups -OCH3 is 1. The molecule has 122 valence electrons. The van der Waals surface area contributed by atoms with Crippen molar-refractivity contribution in [3.05, 3.63) is 64.3 Å². The first-order valence-corrected chi connectivity index (χ1v) is 8.10. The average Bonchev–Trinajstić information content (AvgIpc) is 2.91. The number of rotatable bonds is 4. The van der Waals surface area contributed by atoms with Crippen molar-refractivity contribution < 1.29 is 9.53 Å². The Bertz CT molecular complexity index is 931. The van der Waals surface area contributed by atoms with E-state index in [4.69, 9.17) is 4.74 Å². The fourth-order valence-electron chi connectivity index (χ4n) is 2.55. The number of amides is 1. The average molecular weight is 386 g/mol. The number of hydrogen-bond donors (Lipinski definition) is 1. The van der Waals surface area contributed by atoms with Gasteiger partial charge < -0.3 is 9.30 Å². The summed E-state index contributed by atoms with van der Waals surface area (Å²) in [5.41, 5.74) is 5.01. The Kier molecular flexibility index (Phi) is 4.66. The summed E-state index contributed by atoms with van der Waals surface area (Å²) in [6.45, 7) is 0. The number of aromatic nitrogens is 1. The van der Waals surface area contributed by atoms with Crippen LogP contribution in [0.15, 0.2) is 58.2 Å². The molecule has 3 aromatic rings. The van der Waals surface area contributed by atoms with Crippen molar-refractivity contribution in [2.24, 2.45) is 12.1 Å². The van der Waals surface area contributed by atoms with Gasteiger partial charge in [-0.3, -0.25) is 4.79 Å². The van der Waals surface area contributed by atoms with E-state index in [1.54, 1.807) is 18.3 Å². The topological polar surface area (TPSA) is 55.6 Å². The Balaban J connectivity index is 1.81. The Morgan fingerprint density at radius 2 is 2.08 bits per heavy atom. The Hall–Kier alpha value is -2.60. The number of nitrogens with zero attached hydrogens (tertiary/aromatic N) is 2. The van der Waals surface area contributed by atoms with Crippen molar-refractivity contribution in [2.45, 2.75) is 0 Å². The number of benzene rings is 2. The zero-order valence-electron chi connectivity index (χ0n) is 13.3. The van der Waals surface area contributed by atoms with Crippen LogP contribution in [0.2, 0.25) is 0 Å². The fraction of sp³-hybridized carbons (Fsp3) is 0.111. The van der Waals surface area contributed by atoms with Gasteiger partial charge in [0.2, 0.25) is 0 Å². The highest BCUT2D eigenvalue weighted by Gasteiger charge is 2.12. The third-order valence-electron chi connectivity index (χ3n) is 3.70. The minimum atomic E-state index is -0.329. The molecule has 1 amide bonds. The Morgan fingerprint density at radius 3 is 2.88 bits per heavy atom. The second-order valence-corrected chi connectivity index (χ2v) is 6.17. The fourth-order valence-corrected chi connectivity index (χ4v) is 2.92. The minimum absolute atomic E-state index is 0.329. The Morgan fingerprint density at radius 1 is 1.29 bits per heavy atom. The number of aryl methyl sites for hydroxylation is 1. The largest absolute Gasteiger partial charge is 0.496 e. The number of ether oxygens (including phenoxy) is 1. The van der Waals surface area contributed by atoms with Crippen molar-refractivity contribution in [1.29, 1.82) is 0 Å². The van der Waals surface area contributed by atoms with Crippen LogP contribution in [0.3, 0.4) is 0 Å². The zero-order chi connectivity index (χ0) is 17.1. The van der Waals surface area contributed by atoms with E-state index >= 15 is 0 Å². The predicted octanol–water partition coefficient (Wildman–Crippen LogP) is 3.71. The van der Waals surface area contributed by atoms with Crippen molar-refractivity contribution in [3.8, 4) is 5.75 Å². The van der Waals surface area contributed by atoms with Gasteiger partial charge in [-0.2, -0.15) is 5.10 Å². The smallest absolute Gasteiger partial charge is 0.275 e. The van der Waals surface area contributed by atoms with Crippen molar-refractivity contribution in [3.63, 3.8) is 0 Å². The number of nitrogens with one attached hydrogen (secondary N) is 1. The van der Waals surface area contributed by atoms with E-state index in [1.165, 1.54) is 7.11 Å². The molecule has 1 N–H and O–H groups in total. The summed E-state index contributed by atoms with van der Waals surface area (Å²) in [4.78, 5) is 12.3. The van der Waals surface area contributed by atoms with Crippen molar-refractivity contribution in [1.82, 2.24) is 9.99 Å². The molecule has 0 atom stereocenters. The molecular weight excluding hydrogens is 370 g/mol. The van der Waals surface area contributed by atoms with Gasteiger partial charge in [-0.15, -0.1) is 0 Å². The van der Waals surface area contributed by atoms with E-state index in [-0.39, 0.29) is 5.91 Å². The molecule has 6 heteroatoms. The van der Waals surface area contributed by atoms with E-state index in [0.717, 1.165) is 20.9 Å². The molecule has 1 heterocycles. The monoisotopic (exact) mass is 385 g/mol. The van der Waals surface area contributed by atoms with Crippen LogP contribution in [0.5, 0.6) is 5.75 Å². The summed E-state index contributed by atoms with van der Waals surface area (Å²) >= 11 is 3.35. The van der Waals surface area contributed by atoms with Gasteiger partial charge in [0, 0.05) is 34.2 Å². The van der Waals surface area contributed by atoms with Gasteiger partial charge in [0.05, 0.1) is 18.9 Å². The van der Waals surface area contributed by atoms with Crippen LogP contribution in [0.25, 0.3) is 10.9 Å². The van der Waals surface area contributed by atoms with Gasteiger partial charge in [-0.1, -0.05) is 34.1 Å². The third kappa shape index (κ3) is 3.19. The molecule has 0 aliphatic carbocycles. The minimum Gasteiger partial charge on any atom is -0.496 e. The SMILES string of the molecule is COc1ccc(Br)cc1C(=O)N/N=C\c1cn(C)c2ccccc12. The van der Waals surface area contributed by atoms with Gasteiger partial charge in [0.25, 0.3) is 5.91 Å². The normalized spacial score (nSPS) is 11.1. The van der Waals surface area contributed by atoms with E-state index in [2.05, 4.69) is 26.5 Å². The van der Waals surface area contributed by atoms with Crippen molar-refractivity contribution >= 4 is 39.0 Å². The van der Waals surface area contributed by atoms with Gasteiger partial charge in [0.15, 0.2) is 0 Å². The second kappa shape index (κ2) is 6.88. The maximum absolute atomic E-state index is 12.3. The summed E-state index contributed by atoms with van der Waals surface area (Å²) in [6.07, 6.45) is 3.62. The summed E-state index contributed by atoms with van der Waals surface area (Å²) in [7, 11) is 3.50. The molecule has 0 saturated carbocycles. The Labute approximate surface area is 148 Å². The van der Waals surface area contributed by atoms with Crippen LogP contribution in [-0.4, -0.2) is 23.8 Å². The van der Waals surface area contributed by atoms with E-state index in [1.807, 2.05) is 48.1 Å². The number of carbonyl (C=O) groups excluding carboxylic acids is 1. The number of carbonyl (C=O) groups is 1. The maximum atomic E-state index is 12.3.